The van der Waals surface area contributed by atoms with Crippen LogP contribution < -0.4 is 4.90 Å². The Morgan fingerprint density at radius 2 is 1.95 bits per heavy atom. The molecule has 1 aromatic heterocycles. The average Bonchev–Trinajstić information content (AvgIpc) is 3.18. The zero-order chi connectivity index (χ0) is 14.3. The molecule has 0 N–H and O–H groups in total. The fourth-order valence-corrected chi connectivity index (χ4v) is 4.29. The zero-order valence-corrected chi connectivity index (χ0v) is 12.1. The van der Waals surface area contributed by atoms with Crippen molar-refractivity contribution in [2.75, 3.05) is 25.0 Å². The first-order valence-electron chi connectivity index (χ1n) is 6.68. The van der Waals surface area contributed by atoms with Gasteiger partial charge in [-0.1, -0.05) is 0 Å². The number of nitrogens with zero attached hydrogens (tertiary/aromatic N) is 4. The van der Waals surface area contributed by atoms with E-state index in [0.717, 1.165) is 31.7 Å². The van der Waals surface area contributed by atoms with Gasteiger partial charge in [0, 0.05) is 26.2 Å². The van der Waals surface area contributed by atoms with E-state index < -0.39 is 15.8 Å². The van der Waals surface area contributed by atoms with Crippen molar-refractivity contribution in [2.24, 2.45) is 0 Å². The third-order valence-corrected chi connectivity index (χ3v) is 6.33. The van der Waals surface area contributed by atoms with Gasteiger partial charge in [-0.2, -0.15) is 4.31 Å². The zero-order valence-electron chi connectivity index (χ0n) is 11.2. The highest BCUT2D eigenvalue weighted by atomic mass is 32.2. The van der Waals surface area contributed by atoms with Crippen LogP contribution in [0.1, 0.15) is 19.3 Å². The lowest BCUT2D eigenvalue weighted by Crippen LogP contribution is -2.40. The fourth-order valence-electron chi connectivity index (χ4n) is 2.50. The Hall–Kier alpha value is -1.28. The number of halogens is 1. The van der Waals surface area contributed by atoms with Crippen molar-refractivity contribution in [3.05, 3.63) is 18.2 Å². The Labute approximate surface area is 117 Å². The van der Waals surface area contributed by atoms with Crippen LogP contribution in [0.25, 0.3) is 0 Å². The second kappa shape index (κ2) is 4.92. The van der Waals surface area contributed by atoms with Gasteiger partial charge in [0.2, 0.25) is 16.0 Å². The number of hydrogen-bond acceptors (Lipinski definition) is 5. The lowest BCUT2D eigenvalue weighted by atomic mass is 10.3. The van der Waals surface area contributed by atoms with Crippen LogP contribution in [0.3, 0.4) is 0 Å². The molecule has 2 aliphatic rings. The van der Waals surface area contributed by atoms with Crippen LogP contribution in [0.4, 0.5) is 10.3 Å². The molecule has 1 aromatic rings. The van der Waals surface area contributed by atoms with Gasteiger partial charge in [-0.15, -0.1) is 0 Å². The number of anilines is 1. The summed E-state index contributed by atoms with van der Waals surface area (Å²) in [5.41, 5.74) is 0. The molecule has 1 unspecified atom stereocenters. The molecule has 1 atom stereocenters. The minimum absolute atomic E-state index is 0.0609. The number of sulfonamides is 1. The largest absolute Gasteiger partial charge is 0.339 e. The summed E-state index contributed by atoms with van der Waals surface area (Å²) in [7, 11) is -1.51. The van der Waals surface area contributed by atoms with Crippen molar-refractivity contribution in [3.63, 3.8) is 0 Å². The van der Waals surface area contributed by atoms with E-state index in [1.807, 2.05) is 4.90 Å². The highest BCUT2D eigenvalue weighted by Gasteiger charge is 2.42. The molecule has 1 saturated heterocycles. The molecule has 0 bridgehead atoms. The van der Waals surface area contributed by atoms with Crippen LogP contribution in [0.5, 0.6) is 0 Å². The first-order valence-corrected chi connectivity index (χ1v) is 8.18. The molecule has 6 nitrogen and oxygen atoms in total. The van der Waals surface area contributed by atoms with Crippen molar-refractivity contribution in [1.82, 2.24) is 14.3 Å². The summed E-state index contributed by atoms with van der Waals surface area (Å²) < 4.78 is 38.7. The lowest BCUT2D eigenvalue weighted by Gasteiger charge is -2.24. The molecule has 0 aromatic carbocycles. The molecule has 8 heteroatoms. The van der Waals surface area contributed by atoms with E-state index in [-0.39, 0.29) is 11.3 Å². The number of rotatable bonds is 4. The molecule has 1 aliphatic carbocycles. The third-order valence-electron chi connectivity index (χ3n) is 3.91. The Bertz CT molecular complexity index is 588. The van der Waals surface area contributed by atoms with Gasteiger partial charge in [-0.25, -0.2) is 22.8 Å². The van der Waals surface area contributed by atoms with Crippen LogP contribution in [0.15, 0.2) is 12.4 Å². The van der Waals surface area contributed by atoms with Gasteiger partial charge in [-0.3, -0.25) is 0 Å². The summed E-state index contributed by atoms with van der Waals surface area (Å²) in [6, 6.07) is -0.0609. The maximum atomic E-state index is 12.8. The third kappa shape index (κ3) is 2.49. The summed E-state index contributed by atoms with van der Waals surface area (Å²) in [6.07, 6.45) is 4.53. The first-order chi connectivity index (χ1) is 9.48. The van der Waals surface area contributed by atoms with Crippen molar-refractivity contribution >= 4 is 16.0 Å². The molecular formula is C12H17FN4O2S. The fraction of sp³-hybridized carbons (Fsp3) is 0.667. The van der Waals surface area contributed by atoms with E-state index in [0.29, 0.717) is 19.0 Å². The number of hydrogen-bond donors (Lipinski definition) is 0. The SMILES string of the molecule is CN(C1CCN(c2ncc(F)cn2)C1)S(=O)(=O)C1CC1. The van der Waals surface area contributed by atoms with Crippen LogP contribution >= 0.6 is 0 Å². The van der Waals surface area contributed by atoms with Crippen LogP contribution in [-0.2, 0) is 10.0 Å². The van der Waals surface area contributed by atoms with Gasteiger partial charge >= 0.3 is 0 Å². The Balaban J connectivity index is 1.69. The number of aromatic nitrogens is 2. The topological polar surface area (TPSA) is 66.4 Å². The standard InChI is InChI=1S/C12H17FN4O2S/c1-16(20(18,19)11-2-3-11)10-4-5-17(8-10)12-14-6-9(13)7-15-12/h6-7,10-11H,2-5,8H2,1H3. The summed E-state index contributed by atoms with van der Waals surface area (Å²) in [4.78, 5) is 9.76. The molecule has 2 heterocycles. The number of likely N-dealkylation sites (N-methyl/N-ethyl adjacent to an activating group) is 1. The normalized spacial score (nSPS) is 23.6. The van der Waals surface area contributed by atoms with E-state index in [1.54, 1.807) is 7.05 Å². The van der Waals surface area contributed by atoms with Crippen molar-refractivity contribution in [1.29, 1.82) is 0 Å². The molecule has 110 valence electrons. The van der Waals surface area contributed by atoms with E-state index >= 15 is 0 Å². The molecule has 20 heavy (non-hydrogen) atoms. The predicted octanol–water partition coefficient (Wildman–Crippen LogP) is 0.618. The van der Waals surface area contributed by atoms with E-state index in [2.05, 4.69) is 9.97 Å². The highest BCUT2D eigenvalue weighted by Crippen LogP contribution is 2.32. The Kier molecular flexibility index (Phi) is 3.37. The van der Waals surface area contributed by atoms with Crippen molar-refractivity contribution in [2.45, 2.75) is 30.6 Å². The van der Waals surface area contributed by atoms with Crippen molar-refractivity contribution < 1.29 is 12.8 Å². The molecular weight excluding hydrogens is 283 g/mol. The van der Waals surface area contributed by atoms with Gasteiger partial charge in [0.05, 0.1) is 17.6 Å². The second-order valence-corrected chi connectivity index (χ2v) is 7.62. The Morgan fingerprint density at radius 3 is 2.55 bits per heavy atom. The maximum absolute atomic E-state index is 12.8. The Morgan fingerprint density at radius 1 is 1.30 bits per heavy atom. The highest BCUT2D eigenvalue weighted by molar-refractivity contribution is 7.90. The van der Waals surface area contributed by atoms with Gasteiger partial charge < -0.3 is 4.90 Å². The predicted molar refractivity (Wildman–Crippen MR) is 72.3 cm³/mol. The first kappa shape index (κ1) is 13.7. The summed E-state index contributed by atoms with van der Waals surface area (Å²) in [6.45, 7) is 1.23. The molecule has 0 spiro atoms. The quantitative estimate of drug-likeness (QED) is 0.815. The molecule has 1 aliphatic heterocycles. The second-order valence-electron chi connectivity index (χ2n) is 5.35. The van der Waals surface area contributed by atoms with Gasteiger partial charge in [0.15, 0.2) is 5.82 Å². The van der Waals surface area contributed by atoms with E-state index in [1.165, 1.54) is 4.31 Å². The van der Waals surface area contributed by atoms with Crippen LogP contribution in [0.2, 0.25) is 0 Å². The molecule has 0 amide bonds. The van der Waals surface area contributed by atoms with E-state index in [4.69, 9.17) is 0 Å². The summed E-state index contributed by atoms with van der Waals surface area (Å²) >= 11 is 0. The molecule has 2 fully saturated rings. The minimum Gasteiger partial charge on any atom is -0.339 e. The van der Waals surface area contributed by atoms with Crippen LogP contribution in [-0.4, -0.2) is 54.1 Å². The monoisotopic (exact) mass is 300 g/mol. The van der Waals surface area contributed by atoms with E-state index in [9.17, 15) is 12.8 Å². The lowest BCUT2D eigenvalue weighted by molar-refractivity contribution is 0.389. The van der Waals surface area contributed by atoms with Gasteiger partial charge in [-0.05, 0) is 19.3 Å². The van der Waals surface area contributed by atoms with Gasteiger partial charge in [0.1, 0.15) is 0 Å². The minimum atomic E-state index is -3.16. The maximum Gasteiger partial charge on any atom is 0.225 e. The molecule has 3 rings (SSSR count). The van der Waals surface area contributed by atoms with Crippen molar-refractivity contribution in [3.8, 4) is 0 Å². The summed E-state index contributed by atoms with van der Waals surface area (Å²) in [5, 5.41) is -0.191. The molecule has 0 radical (unpaired) electrons. The summed E-state index contributed by atoms with van der Waals surface area (Å²) in [5.74, 6) is -0.0240. The average molecular weight is 300 g/mol. The molecule has 1 saturated carbocycles. The van der Waals surface area contributed by atoms with Gasteiger partial charge in [0.25, 0.3) is 0 Å². The smallest absolute Gasteiger partial charge is 0.225 e. The van der Waals surface area contributed by atoms with Crippen LogP contribution in [0, 0.1) is 5.82 Å².